The van der Waals surface area contributed by atoms with E-state index in [0.29, 0.717) is 0 Å². The van der Waals surface area contributed by atoms with Crippen LogP contribution in [0.15, 0.2) is 60.8 Å². The van der Waals surface area contributed by atoms with Gasteiger partial charge >= 0.3 is 12.4 Å². The van der Waals surface area contributed by atoms with Gasteiger partial charge in [0.2, 0.25) is 0 Å². The van der Waals surface area contributed by atoms with E-state index in [1.54, 1.807) is 0 Å². The van der Waals surface area contributed by atoms with Crippen LogP contribution in [0.5, 0.6) is 0 Å². The fraction of sp³-hybridized carbons (Fsp3) is 0.105. The Morgan fingerprint density at radius 2 is 1.07 bits per heavy atom. The highest BCUT2D eigenvalue weighted by Crippen LogP contribution is 2.36. The van der Waals surface area contributed by atoms with Crippen LogP contribution < -0.4 is 0 Å². The molecule has 0 aliphatic carbocycles. The molecule has 0 radical (unpaired) electrons. The standard InChI is InChI=1S/C19H10F7N/c20-15-9-16(11-1-5-13(6-2-11)18(21,22)23)17(27-10-15)12-3-7-14(8-4-12)19(24,25)26/h1-10H. The lowest BCUT2D eigenvalue weighted by Crippen LogP contribution is -2.04. The first-order valence-electron chi connectivity index (χ1n) is 7.56. The molecule has 0 N–H and O–H groups in total. The van der Waals surface area contributed by atoms with Crippen molar-refractivity contribution in [2.75, 3.05) is 0 Å². The third-order valence-electron chi connectivity index (χ3n) is 3.86. The van der Waals surface area contributed by atoms with Crippen LogP contribution in [0.4, 0.5) is 30.7 Å². The molecule has 27 heavy (non-hydrogen) atoms. The van der Waals surface area contributed by atoms with Gasteiger partial charge in [-0.05, 0) is 35.9 Å². The highest BCUT2D eigenvalue weighted by Gasteiger charge is 2.31. The third-order valence-corrected chi connectivity index (χ3v) is 3.86. The third kappa shape index (κ3) is 4.10. The fourth-order valence-electron chi connectivity index (χ4n) is 2.55. The maximum absolute atomic E-state index is 13.6. The number of nitrogens with zero attached hydrogens (tertiary/aromatic N) is 1. The molecule has 1 heterocycles. The maximum atomic E-state index is 13.6. The number of aromatic nitrogens is 1. The van der Waals surface area contributed by atoms with Crippen molar-refractivity contribution in [2.45, 2.75) is 12.4 Å². The van der Waals surface area contributed by atoms with Crippen LogP contribution in [0.25, 0.3) is 22.4 Å². The summed E-state index contributed by atoms with van der Waals surface area (Å²) in [5, 5.41) is 0. The number of benzene rings is 2. The first-order chi connectivity index (χ1) is 12.6. The second kappa shape index (κ2) is 6.68. The van der Waals surface area contributed by atoms with Gasteiger partial charge in [0.1, 0.15) is 5.82 Å². The molecule has 0 aliphatic heterocycles. The second-order valence-corrected chi connectivity index (χ2v) is 5.70. The Bertz CT molecular complexity index is 940. The predicted octanol–water partition coefficient (Wildman–Crippen LogP) is 6.59. The minimum atomic E-state index is -4.52. The van der Waals surface area contributed by atoms with Crippen LogP contribution >= 0.6 is 0 Å². The molecule has 0 bridgehead atoms. The Labute approximate surface area is 149 Å². The monoisotopic (exact) mass is 385 g/mol. The molecule has 0 aliphatic rings. The number of hydrogen-bond donors (Lipinski definition) is 0. The van der Waals surface area contributed by atoms with E-state index in [9.17, 15) is 30.7 Å². The highest BCUT2D eigenvalue weighted by atomic mass is 19.4. The minimum absolute atomic E-state index is 0.157. The SMILES string of the molecule is Fc1cnc(-c2ccc(C(F)(F)F)cc2)c(-c2ccc(C(F)(F)F)cc2)c1. The quantitative estimate of drug-likeness (QED) is 0.454. The maximum Gasteiger partial charge on any atom is 0.416 e. The lowest BCUT2D eigenvalue weighted by atomic mass is 9.97. The van der Waals surface area contributed by atoms with E-state index in [1.165, 1.54) is 12.1 Å². The van der Waals surface area contributed by atoms with E-state index in [-0.39, 0.29) is 22.4 Å². The molecule has 8 heteroatoms. The van der Waals surface area contributed by atoms with E-state index in [0.717, 1.165) is 48.7 Å². The Kier molecular flexibility index (Phi) is 4.67. The first-order valence-corrected chi connectivity index (χ1v) is 7.56. The van der Waals surface area contributed by atoms with E-state index in [1.807, 2.05) is 0 Å². The molecule has 0 saturated carbocycles. The molecule has 0 fully saturated rings. The molecular formula is C19H10F7N. The van der Waals surface area contributed by atoms with Crippen molar-refractivity contribution in [3.63, 3.8) is 0 Å². The number of alkyl halides is 6. The van der Waals surface area contributed by atoms with Gasteiger partial charge in [-0.15, -0.1) is 0 Å². The lowest BCUT2D eigenvalue weighted by molar-refractivity contribution is -0.138. The van der Waals surface area contributed by atoms with E-state index >= 15 is 0 Å². The van der Waals surface area contributed by atoms with Crippen LogP contribution in [0.1, 0.15) is 11.1 Å². The van der Waals surface area contributed by atoms with Crippen LogP contribution in [-0.2, 0) is 12.4 Å². The first kappa shape index (κ1) is 18.9. The van der Waals surface area contributed by atoms with Crippen LogP contribution in [-0.4, -0.2) is 4.98 Å². The fourth-order valence-corrected chi connectivity index (χ4v) is 2.55. The largest absolute Gasteiger partial charge is 0.416 e. The van der Waals surface area contributed by atoms with Gasteiger partial charge in [-0.2, -0.15) is 26.3 Å². The van der Waals surface area contributed by atoms with Gasteiger partial charge in [0.25, 0.3) is 0 Å². The number of pyridine rings is 1. The molecule has 140 valence electrons. The number of hydrogen-bond acceptors (Lipinski definition) is 1. The molecule has 2 aromatic carbocycles. The zero-order valence-corrected chi connectivity index (χ0v) is 13.4. The van der Waals surface area contributed by atoms with Gasteiger partial charge in [-0.3, -0.25) is 4.98 Å². The summed E-state index contributed by atoms with van der Waals surface area (Å²) in [7, 11) is 0. The van der Waals surface area contributed by atoms with Gasteiger partial charge in [-0.25, -0.2) is 4.39 Å². The zero-order valence-electron chi connectivity index (χ0n) is 13.4. The van der Waals surface area contributed by atoms with E-state index in [2.05, 4.69) is 4.98 Å². The average molecular weight is 385 g/mol. The molecule has 0 atom stereocenters. The summed E-state index contributed by atoms with van der Waals surface area (Å²) in [5.74, 6) is -0.722. The Morgan fingerprint density at radius 3 is 1.52 bits per heavy atom. The predicted molar refractivity (Wildman–Crippen MR) is 85.1 cm³/mol. The molecule has 0 unspecified atom stereocenters. The van der Waals surface area contributed by atoms with E-state index in [4.69, 9.17) is 0 Å². The summed E-state index contributed by atoms with van der Waals surface area (Å²) in [5.41, 5.74) is -0.868. The van der Waals surface area contributed by atoms with Gasteiger partial charge in [0.05, 0.1) is 23.0 Å². The molecule has 3 aromatic rings. The van der Waals surface area contributed by atoms with Crippen LogP contribution in [0, 0.1) is 5.82 Å². The Hall–Kier alpha value is -2.90. The smallest absolute Gasteiger partial charge is 0.253 e. The van der Waals surface area contributed by atoms with Crippen molar-refractivity contribution < 1.29 is 30.7 Å². The number of rotatable bonds is 2. The summed E-state index contributed by atoms with van der Waals surface area (Å²) in [6.45, 7) is 0. The molecule has 1 nitrogen and oxygen atoms in total. The van der Waals surface area contributed by atoms with Crippen molar-refractivity contribution >= 4 is 0 Å². The number of halogens is 7. The zero-order chi connectivity index (χ0) is 19.8. The minimum Gasteiger partial charge on any atom is -0.253 e. The normalized spacial score (nSPS) is 12.3. The average Bonchev–Trinajstić information content (AvgIpc) is 2.60. The van der Waals surface area contributed by atoms with Gasteiger partial charge in [-0.1, -0.05) is 24.3 Å². The van der Waals surface area contributed by atoms with Crippen molar-refractivity contribution in [3.05, 3.63) is 77.7 Å². The lowest BCUT2D eigenvalue weighted by Gasteiger charge is -2.12. The molecular weight excluding hydrogens is 375 g/mol. The molecule has 3 rings (SSSR count). The van der Waals surface area contributed by atoms with Gasteiger partial charge in [0.15, 0.2) is 0 Å². The summed E-state index contributed by atoms with van der Waals surface area (Å²) >= 11 is 0. The molecule has 0 amide bonds. The van der Waals surface area contributed by atoms with Crippen molar-refractivity contribution in [1.29, 1.82) is 0 Å². The van der Waals surface area contributed by atoms with Gasteiger partial charge in [0, 0.05) is 11.1 Å². The summed E-state index contributed by atoms with van der Waals surface area (Å²) < 4.78 is 89.8. The molecule has 0 spiro atoms. The van der Waals surface area contributed by atoms with Crippen molar-refractivity contribution in [1.82, 2.24) is 4.98 Å². The highest BCUT2D eigenvalue weighted by molar-refractivity contribution is 5.80. The summed E-state index contributed by atoms with van der Waals surface area (Å²) in [6.07, 6.45) is -8.14. The van der Waals surface area contributed by atoms with E-state index < -0.39 is 29.3 Å². The molecule has 1 aromatic heterocycles. The Balaban J connectivity index is 2.06. The van der Waals surface area contributed by atoms with Crippen molar-refractivity contribution in [2.24, 2.45) is 0 Å². The summed E-state index contributed by atoms with van der Waals surface area (Å²) in [4.78, 5) is 3.91. The Morgan fingerprint density at radius 1 is 0.630 bits per heavy atom. The van der Waals surface area contributed by atoms with Crippen LogP contribution in [0.3, 0.4) is 0 Å². The van der Waals surface area contributed by atoms with Gasteiger partial charge < -0.3 is 0 Å². The second-order valence-electron chi connectivity index (χ2n) is 5.70. The van der Waals surface area contributed by atoms with Crippen LogP contribution in [0.2, 0.25) is 0 Å². The van der Waals surface area contributed by atoms with Crippen molar-refractivity contribution in [3.8, 4) is 22.4 Å². The molecule has 0 saturated heterocycles. The topological polar surface area (TPSA) is 12.9 Å². The summed E-state index contributed by atoms with van der Waals surface area (Å²) in [6, 6.07) is 9.15.